The summed E-state index contributed by atoms with van der Waals surface area (Å²) in [6.45, 7) is 1.55. The number of amides is 2. The summed E-state index contributed by atoms with van der Waals surface area (Å²) in [5.74, 6) is -0.500. The van der Waals surface area contributed by atoms with Crippen LogP contribution in [0.2, 0.25) is 0 Å². The van der Waals surface area contributed by atoms with Gasteiger partial charge in [0, 0.05) is 42.9 Å². The molecule has 1 aliphatic heterocycles. The monoisotopic (exact) mass is 412 g/mol. The molecule has 3 aromatic rings. The van der Waals surface area contributed by atoms with Gasteiger partial charge in [-0.05, 0) is 35.4 Å². The number of hydrogen-bond donors (Lipinski definition) is 1. The lowest BCUT2D eigenvalue weighted by Crippen LogP contribution is -2.50. The minimum Gasteiger partial charge on any atom is -0.507 e. The Balaban J connectivity index is 1.30. The number of para-hydroxylation sites is 1. The topological polar surface area (TPSA) is 77.9 Å². The van der Waals surface area contributed by atoms with Gasteiger partial charge in [0.15, 0.2) is 5.78 Å². The molecule has 1 N–H and O–H groups in total. The Bertz CT molecular complexity index is 1230. The lowest BCUT2D eigenvalue weighted by atomic mass is 10.0. The lowest BCUT2D eigenvalue weighted by Gasteiger charge is -2.35. The molecule has 0 aromatic heterocycles. The van der Waals surface area contributed by atoms with Crippen molar-refractivity contribution < 1.29 is 19.5 Å². The summed E-state index contributed by atoms with van der Waals surface area (Å²) < 4.78 is 0. The zero-order valence-corrected chi connectivity index (χ0v) is 16.7. The van der Waals surface area contributed by atoms with E-state index in [1.165, 1.54) is 6.07 Å². The molecule has 0 atom stereocenters. The molecule has 0 saturated carbocycles. The molecule has 3 aromatic carbocycles. The van der Waals surface area contributed by atoms with Crippen molar-refractivity contribution in [1.29, 1.82) is 0 Å². The largest absolute Gasteiger partial charge is 0.507 e. The number of rotatable bonds is 2. The summed E-state index contributed by atoms with van der Waals surface area (Å²) >= 11 is 0. The Kier molecular flexibility index (Phi) is 4.55. The Hall–Kier alpha value is -3.93. The van der Waals surface area contributed by atoms with Crippen molar-refractivity contribution in [1.82, 2.24) is 9.80 Å². The van der Waals surface area contributed by atoms with Crippen LogP contribution in [0.3, 0.4) is 0 Å². The first-order chi connectivity index (χ1) is 15.0. The summed E-state index contributed by atoms with van der Waals surface area (Å²) in [7, 11) is 0. The summed E-state index contributed by atoms with van der Waals surface area (Å²) in [6, 6.07) is 19.2. The first-order valence-corrected chi connectivity index (χ1v) is 10.2. The highest BCUT2D eigenvalue weighted by molar-refractivity contribution is 6.22. The second kappa shape index (κ2) is 7.40. The molecule has 1 heterocycles. The van der Waals surface area contributed by atoms with Crippen LogP contribution in [-0.4, -0.2) is 58.7 Å². The van der Waals surface area contributed by atoms with Crippen molar-refractivity contribution in [2.45, 2.75) is 0 Å². The molecule has 0 radical (unpaired) electrons. The average Bonchev–Trinajstić information content (AvgIpc) is 3.10. The van der Waals surface area contributed by atoms with Gasteiger partial charge >= 0.3 is 0 Å². The third kappa shape index (κ3) is 3.17. The maximum Gasteiger partial charge on any atom is 0.257 e. The van der Waals surface area contributed by atoms with Crippen LogP contribution >= 0.6 is 0 Å². The van der Waals surface area contributed by atoms with Gasteiger partial charge in [0.25, 0.3) is 11.8 Å². The maximum atomic E-state index is 13.1. The molecule has 154 valence electrons. The number of phenolic OH excluding ortho intramolecular Hbond substituents is 1. The molecule has 1 aliphatic carbocycles. The highest BCUT2D eigenvalue weighted by Gasteiger charge is 2.30. The van der Waals surface area contributed by atoms with Crippen molar-refractivity contribution in [2.24, 2.45) is 0 Å². The van der Waals surface area contributed by atoms with Gasteiger partial charge in [-0.25, -0.2) is 0 Å². The SMILES string of the molecule is O=C1c2ccccc2-c2ccc(C(=O)N3CCN(C(=O)c4ccccc4O)CC3)cc21. The van der Waals surface area contributed by atoms with E-state index in [1.807, 2.05) is 24.3 Å². The van der Waals surface area contributed by atoms with E-state index < -0.39 is 0 Å². The van der Waals surface area contributed by atoms with Crippen LogP contribution < -0.4 is 0 Å². The van der Waals surface area contributed by atoms with Crippen molar-refractivity contribution in [3.05, 3.63) is 89.0 Å². The standard InChI is InChI=1S/C25H20N2O4/c28-22-8-4-3-7-20(22)25(31)27-13-11-26(12-14-27)24(30)16-9-10-18-17-5-1-2-6-19(17)23(29)21(18)15-16/h1-10,15,28H,11-14H2. The van der Waals surface area contributed by atoms with Crippen LogP contribution in [0.25, 0.3) is 11.1 Å². The highest BCUT2D eigenvalue weighted by Crippen LogP contribution is 2.36. The minimum atomic E-state index is -0.244. The van der Waals surface area contributed by atoms with Crippen molar-refractivity contribution in [3.8, 4) is 16.9 Å². The Labute approximate surface area is 179 Å². The van der Waals surface area contributed by atoms with E-state index in [0.717, 1.165) is 11.1 Å². The number of ketones is 1. The number of fused-ring (bicyclic) bond motifs is 3. The summed E-state index contributed by atoms with van der Waals surface area (Å²) in [4.78, 5) is 41.8. The van der Waals surface area contributed by atoms with Gasteiger partial charge in [-0.3, -0.25) is 14.4 Å². The number of hydrogen-bond acceptors (Lipinski definition) is 4. The van der Waals surface area contributed by atoms with Crippen LogP contribution in [0.15, 0.2) is 66.7 Å². The number of carbonyl (C=O) groups excluding carboxylic acids is 3. The van der Waals surface area contributed by atoms with E-state index in [-0.39, 0.29) is 28.9 Å². The Morgan fingerprint density at radius 1 is 0.677 bits per heavy atom. The number of benzene rings is 3. The molecule has 1 saturated heterocycles. The fourth-order valence-electron chi connectivity index (χ4n) is 4.28. The van der Waals surface area contributed by atoms with Gasteiger partial charge in [0.2, 0.25) is 0 Å². The zero-order chi connectivity index (χ0) is 21.5. The number of phenols is 1. The summed E-state index contributed by atoms with van der Waals surface area (Å²) in [5, 5.41) is 9.92. The quantitative estimate of drug-likeness (QED) is 0.549. The van der Waals surface area contributed by atoms with E-state index >= 15 is 0 Å². The predicted octanol–water partition coefficient (Wildman–Crippen LogP) is 3.20. The van der Waals surface area contributed by atoms with Crippen LogP contribution in [0.5, 0.6) is 5.75 Å². The Morgan fingerprint density at radius 2 is 1.26 bits per heavy atom. The van der Waals surface area contributed by atoms with Gasteiger partial charge in [-0.1, -0.05) is 42.5 Å². The van der Waals surface area contributed by atoms with Crippen LogP contribution in [0, 0.1) is 0 Å². The number of piperazine rings is 1. The predicted molar refractivity (Wildman–Crippen MR) is 115 cm³/mol. The normalized spacial score (nSPS) is 14.9. The Morgan fingerprint density at radius 3 is 1.97 bits per heavy atom. The van der Waals surface area contributed by atoms with E-state index in [9.17, 15) is 19.5 Å². The van der Waals surface area contributed by atoms with Crippen molar-refractivity contribution in [2.75, 3.05) is 26.2 Å². The molecule has 31 heavy (non-hydrogen) atoms. The van der Waals surface area contributed by atoms with E-state index in [4.69, 9.17) is 0 Å². The first kappa shape index (κ1) is 19.1. The third-order valence-corrected chi connectivity index (χ3v) is 5.96. The zero-order valence-electron chi connectivity index (χ0n) is 16.7. The van der Waals surface area contributed by atoms with Gasteiger partial charge in [0.1, 0.15) is 5.75 Å². The number of aromatic hydroxyl groups is 1. The second-order valence-corrected chi connectivity index (χ2v) is 7.74. The molecule has 5 rings (SSSR count). The third-order valence-electron chi connectivity index (χ3n) is 5.96. The fourth-order valence-corrected chi connectivity index (χ4v) is 4.28. The molecule has 6 nitrogen and oxygen atoms in total. The van der Waals surface area contributed by atoms with Crippen molar-refractivity contribution >= 4 is 17.6 Å². The maximum absolute atomic E-state index is 13.1. The average molecular weight is 412 g/mol. The van der Waals surface area contributed by atoms with E-state index in [1.54, 1.807) is 46.2 Å². The lowest BCUT2D eigenvalue weighted by molar-refractivity contribution is 0.0533. The molecule has 0 spiro atoms. The minimum absolute atomic E-state index is 0.0465. The van der Waals surface area contributed by atoms with Crippen molar-refractivity contribution in [3.63, 3.8) is 0 Å². The second-order valence-electron chi connectivity index (χ2n) is 7.74. The fraction of sp³-hybridized carbons (Fsp3) is 0.160. The van der Waals surface area contributed by atoms with E-state index in [2.05, 4.69) is 0 Å². The molecule has 6 heteroatoms. The summed E-state index contributed by atoms with van der Waals surface area (Å²) in [5.41, 5.74) is 3.71. The highest BCUT2D eigenvalue weighted by atomic mass is 16.3. The molecule has 0 bridgehead atoms. The van der Waals surface area contributed by atoms with Gasteiger partial charge in [0.05, 0.1) is 5.56 Å². The smallest absolute Gasteiger partial charge is 0.257 e. The number of nitrogens with zero attached hydrogens (tertiary/aromatic N) is 2. The molecule has 1 fully saturated rings. The molecule has 0 unspecified atom stereocenters. The molecule has 2 amide bonds. The van der Waals surface area contributed by atoms with Gasteiger partial charge in [-0.2, -0.15) is 0 Å². The molecular formula is C25H20N2O4. The number of carbonyl (C=O) groups is 3. The first-order valence-electron chi connectivity index (χ1n) is 10.2. The van der Waals surface area contributed by atoms with Gasteiger partial charge in [-0.15, -0.1) is 0 Å². The van der Waals surface area contributed by atoms with E-state index in [0.29, 0.717) is 42.9 Å². The molecular weight excluding hydrogens is 392 g/mol. The van der Waals surface area contributed by atoms with Gasteiger partial charge < -0.3 is 14.9 Å². The molecule has 2 aliphatic rings. The van der Waals surface area contributed by atoms with Crippen LogP contribution in [-0.2, 0) is 0 Å². The van der Waals surface area contributed by atoms with Crippen LogP contribution in [0.1, 0.15) is 36.6 Å². The van der Waals surface area contributed by atoms with Crippen LogP contribution in [0.4, 0.5) is 0 Å². The summed E-state index contributed by atoms with van der Waals surface area (Å²) in [6.07, 6.45) is 0.